The first-order chi connectivity index (χ1) is 21.0. The molecule has 0 fully saturated rings. The fourth-order valence-electron chi connectivity index (χ4n) is 6.07. The van der Waals surface area contributed by atoms with Gasteiger partial charge in [0.15, 0.2) is 12.2 Å². The molecule has 6 rings (SSSR count). The van der Waals surface area contributed by atoms with E-state index in [1.807, 2.05) is 26.0 Å². The number of ether oxygens (including phenoxy) is 4. The number of rotatable bonds is 4. The van der Waals surface area contributed by atoms with Crippen molar-refractivity contribution >= 4 is 22.9 Å². The van der Waals surface area contributed by atoms with Crippen LogP contribution in [-0.2, 0) is 49.7 Å². The number of methoxy groups -OCH3 is 1. The van der Waals surface area contributed by atoms with Crippen LogP contribution in [0.3, 0.4) is 0 Å². The SMILES string of the molecule is COCCc1c(CO)c2ccc3c(c2oc1=O)C1OC(=O)CCCc2ccc(cc2)CCC(=C(C)C)C(=O)OC1C(C)(C)O3. The van der Waals surface area contributed by atoms with E-state index >= 15 is 0 Å². The van der Waals surface area contributed by atoms with Crippen LogP contribution in [0.1, 0.15) is 80.9 Å². The maximum absolute atomic E-state index is 13.8. The standard InChI is InChI=1S/C35H40O9/c1-20(2)23-14-13-22-11-9-21(10-12-22)7-6-8-28(37)41-31-29-27(44-35(3,4)32(31)43-33(23)38)16-15-24-26(19-36)25(17-18-40-5)34(39)42-30(24)29/h9-12,15-16,31-32,36H,6-8,13-14,17-19H2,1-5H3. The number of benzene rings is 2. The second kappa shape index (κ2) is 13.0. The Balaban J connectivity index is 1.66. The van der Waals surface area contributed by atoms with Crippen LogP contribution >= 0.6 is 0 Å². The zero-order valence-electron chi connectivity index (χ0n) is 26.0. The molecule has 234 valence electrons. The van der Waals surface area contributed by atoms with E-state index in [0.29, 0.717) is 53.5 Å². The fraction of sp³-hybridized carbons (Fsp3) is 0.457. The molecule has 0 radical (unpaired) electrons. The molecule has 1 N–H and O–H groups in total. The molecule has 1 aromatic heterocycles. The first-order valence-electron chi connectivity index (χ1n) is 15.1. The molecule has 0 saturated carbocycles. The number of hydrogen-bond acceptors (Lipinski definition) is 9. The van der Waals surface area contributed by atoms with Crippen LogP contribution < -0.4 is 10.4 Å². The van der Waals surface area contributed by atoms with Crippen LogP contribution in [0.15, 0.2) is 56.8 Å². The third-order valence-corrected chi connectivity index (χ3v) is 8.49. The molecule has 3 aliphatic heterocycles. The van der Waals surface area contributed by atoms with Crippen molar-refractivity contribution in [3.63, 3.8) is 0 Å². The van der Waals surface area contributed by atoms with Crippen molar-refractivity contribution in [2.75, 3.05) is 13.7 Å². The van der Waals surface area contributed by atoms with Crippen molar-refractivity contribution in [1.82, 2.24) is 0 Å². The third kappa shape index (κ3) is 6.30. The first-order valence-corrected chi connectivity index (χ1v) is 15.1. The average molecular weight is 605 g/mol. The third-order valence-electron chi connectivity index (χ3n) is 8.49. The van der Waals surface area contributed by atoms with E-state index in [2.05, 4.69) is 12.1 Å². The summed E-state index contributed by atoms with van der Waals surface area (Å²) in [5.41, 5.74) is 2.91. The summed E-state index contributed by atoms with van der Waals surface area (Å²) in [5.74, 6) is -0.676. The van der Waals surface area contributed by atoms with E-state index in [0.717, 1.165) is 16.7 Å². The smallest absolute Gasteiger partial charge is 0.339 e. The lowest BCUT2D eigenvalue weighted by atomic mass is 9.86. The fourth-order valence-corrected chi connectivity index (χ4v) is 6.07. The van der Waals surface area contributed by atoms with Crippen molar-refractivity contribution in [1.29, 1.82) is 0 Å². The van der Waals surface area contributed by atoms with Crippen molar-refractivity contribution in [2.24, 2.45) is 0 Å². The highest BCUT2D eigenvalue weighted by Gasteiger charge is 2.50. The Bertz CT molecular complexity index is 1640. The van der Waals surface area contributed by atoms with Gasteiger partial charge in [-0.25, -0.2) is 9.59 Å². The number of aliphatic hydroxyl groups is 1. The number of aliphatic hydroxyl groups excluding tert-OH is 1. The quantitative estimate of drug-likeness (QED) is 0.235. The zero-order chi connectivity index (χ0) is 31.6. The number of aryl methyl sites for hydroxylation is 2. The Labute approximate surface area is 256 Å². The van der Waals surface area contributed by atoms with Gasteiger partial charge in [0.05, 0.1) is 18.8 Å². The van der Waals surface area contributed by atoms with Gasteiger partial charge in [0.1, 0.15) is 16.9 Å². The Morgan fingerprint density at radius 1 is 0.932 bits per heavy atom. The predicted octanol–water partition coefficient (Wildman–Crippen LogP) is 5.45. The van der Waals surface area contributed by atoms with E-state index in [4.69, 9.17) is 23.4 Å². The van der Waals surface area contributed by atoms with Crippen LogP contribution in [0, 0.1) is 0 Å². The summed E-state index contributed by atoms with van der Waals surface area (Å²) in [7, 11) is 1.53. The molecule has 2 bridgehead atoms. The molecule has 2 aromatic carbocycles. The molecular formula is C35H40O9. The van der Waals surface area contributed by atoms with E-state index in [9.17, 15) is 19.5 Å². The van der Waals surface area contributed by atoms with Crippen molar-refractivity contribution in [3.05, 3.63) is 85.8 Å². The minimum absolute atomic E-state index is 0.114. The van der Waals surface area contributed by atoms with Crippen LogP contribution in [0.25, 0.3) is 11.0 Å². The minimum Gasteiger partial charge on any atom is -0.483 e. The maximum Gasteiger partial charge on any atom is 0.339 e. The van der Waals surface area contributed by atoms with Crippen LogP contribution in [0.2, 0.25) is 0 Å². The molecule has 2 unspecified atom stereocenters. The number of fused-ring (bicyclic) bond motifs is 13. The summed E-state index contributed by atoms with van der Waals surface area (Å²) in [6.07, 6.45) is 0.553. The summed E-state index contributed by atoms with van der Waals surface area (Å²) >= 11 is 0. The highest BCUT2D eigenvalue weighted by molar-refractivity contribution is 5.90. The second-order valence-corrected chi connectivity index (χ2v) is 12.2. The van der Waals surface area contributed by atoms with E-state index < -0.39 is 42.0 Å². The van der Waals surface area contributed by atoms with E-state index in [1.54, 1.807) is 26.0 Å². The van der Waals surface area contributed by atoms with Crippen LogP contribution in [-0.4, -0.2) is 42.5 Å². The van der Waals surface area contributed by atoms with Gasteiger partial charge >= 0.3 is 17.6 Å². The molecular weight excluding hydrogens is 564 g/mol. The maximum atomic E-state index is 13.8. The molecule has 3 aromatic rings. The molecule has 9 nitrogen and oxygen atoms in total. The predicted molar refractivity (Wildman–Crippen MR) is 163 cm³/mol. The minimum atomic E-state index is -1.14. The lowest BCUT2D eigenvalue weighted by Crippen LogP contribution is -2.52. The number of allylic oxidation sites excluding steroid dienone is 1. The molecule has 9 heteroatoms. The van der Waals surface area contributed by atoms with Gasteiger partial charge < -0.3 is 28.5 Å². The lowest BCUT2D eigenvalue weighted by molar-refractivity contribution is -0.188. The summed E-state index contributed by atoms with van der Waals surface area (Å²) < 4.78 is 29.8. The normalized spacial score (nSPS) is 20.4. The Morgan fingerprint density at radius 3 is 2.30 bits per heavy atom. The summed E-state index contributed by atoms with van der Waals surface area (Å²) in [5, 5.41) is 10.8. The van der Waals surface area contributed by atoms with Gasteiger partial charge in [-0.2, -0.15) is 0 Å². The number of carbonyl (C=O) groups is 2. The molecule has 0 amide bonds. The average Bonchev–Trinajstić information content (AvgIpc) is 2.97. The van der Waals surface area contributed by atoms with Crippen LogP contribution in [0.5, 0.6) is 5.75 Å². The molecule has 44 heavy (non-hydrogen) atoms. The summed E-state index contributed by atoms with van der Waals surface area (Å²) in [6.45, 7) is 7.12. The van der Waals surface area contributed by atoms with Gasteiger partial charge in [-0.15, -0.1) is 0 Å². The Kier molecular flexibility index (Phi) is 9.27. The summed E-state index contributed by atoms with van der Waals surface area (Å²) in [6, 6.07) is 11.6. The van der Waals surface area contributed by atoms with Crippen LogP contribution in [0.4, 0.5) is 0 Å². The highest BCUT2D eigenvalue weighted by Crippen LogP contribution is 2.47. The Morgan fingerprint density at radius 2 is 1.64 bits per heavy atom. The van der Waals surface area contributed by atoms with Gasteiger partial charge in [-0.3, -0.25) is 4.79 Å². The molecule has 0 spiro atoms. The monoisotopic (exact) mass is 604 g/mol. The topological polar surface area (TPSA) is 122 Å². The first kappa shape index (κ1) is 31.5. The van der Waals surface area contributed by atoms with Gasteiger partial charge in [-0.05, 0) is 82.2 Å². The van der Waals surface area contributed by atoms with Gasteiger partial charge in [0.2, 0.25) is 0 Å². The van der Waals surface area contributed by atoms with E-state index in [-0.39, 0.29) is 30.6 Å². The number of esters is 2. The highest BCUT2D eigenvalue weighted by atomic mass is 16.6. The van der Waals surface area contributed by atoms with Gasteiger partial charge in [0, 0.05) is 36.5 Å². The molecule has 4 heterocycles. The molecule has 3 aliphatic rings. The molecule has 0 saturated heterocycles. The zero-order valence-corrected chi connectivity index (χ0v) is 26.0. The van der Waals surface area contributed by atoms with Gasteiger partial charge in [0.25, 0.3) is 0 Å². The number of hydrogen-bond donors (Lipinski definition) is 1. The molecule has 2 atom stereocenters. The van der Waals surface area contributed by atoms with Crippen molar-refractivity contribution < 1.29 is 38.1 Å². The largest absolute Gasteiger partial charge is 0.483 e. The Hall–Kier alpha value is -3.95. The van der Waals surface area contributed by atoms with E-state index in [1.165, 1.54) is 7.11 Å². The summed E-state index contributed by atoms with van der Waals surface area (Å²) in [4.78, 5) is 40.4. The molecule has 0 aliphatic carbocycles. The number of carbonyl (C=O) groups excluding carboxylic acids is 2. The lowest BCUT2D eigenvalue weighted by Gasteiger charge is -2.43. The van der Waals surface area contributed by atoms with Gasteiger partial charge in [-0.1, -0.05) is 29.8 Å². The van der Waals surface area contributed by atoms with Crippen molar-refractivity contribution in [2.45, 2.75) is 90.6 Å². The van der Waals surface area contributed by atoms with Crippen molar-refractivity contribution in [3.8, 4) is 5.75 Å². The second-order valence-electron chi connectivity index (χ2n) is 12.2.